The number of unbranched alkanes of at least 4 members (excludes halogenated alkanes) is 1. The third-order valence-corrected chi connectivity index (χ3v) is 8.83. The van der Waals surface area contributed by atoms with Gasteiger partial charge in [-0.05, 0) is 56.4 Å². The molecule has 10 heteroatoms. The number of nitrogens with zero attached hydrogens (tertiary/aromatic N) is 1. The van der Waals surface area contributed by atoms with E-state index in [0.29, 0.717) is 30.9 Å². The topological polar surface area (TPSA) is 116 Å². The van der Waals surface area contributed by atoms with E-state index in [1.54, 1.807) is 12.1 Å². The first-order valence-electron chi connectivity index (χ1n) is 13.5. The number of carbonyl (C=O) groups excluding carboxylic acids is 2. The van der Waals surface area contributed by atoms with Crippen LogP contribution in [0.2, 0.25) is 0 Å². The van der Waals surface area contributed by atoms with Gasteiger partial charge in [-0.1, -0.05) is 67.9 Å². The Morgan fingerprint density at radius 3 is 2.02 bits per heavy atom. The molecular weight excluding hydrogens is 551 g/mol. The average Bonchev–Trinajstić information content (AvgIpc) is 2.92. The van der Waals surface area contributed by atoms with Gasteiger partial charge in [0.2, 0.25) is 15.9 Å². The molecule has 1 atom stereocenters. The molecule has 0 bridgehead atoms. The van der Waals surface area contributed by atoms with Crippen molar-refractivity contribution in [2.45, 2.75) is 56.9 Å². The third-order valence-electron chi connectivity index (χ3n) is 6.94. The maximum Gasteiger partial charge on any atom is 1.00 e. The fraction of sp³-hybridized carbons (Fsp3) is 0.355. The number of aryl methyl sites for hydroxylation is 1. The first-order chi connectivity index (χ1) is 19.1. The first kappa shape index (κ1) is 32.8. The van der Waals surface area contributed by atoms with Crippen LogP contribution in [-0.2, 0) is 19.6 Å². The number of carbonyl (C=O) groups is 2. The number of fused-ring (bicyclic) bond motifs is 2. The molecule has 1 amide bonds. The summed E-state index contributed by atoms with van der Waals surface area (Å²) in [5.41, 5.74) is 2.46. The van der Waals surface area contributed by atoms with Crippen molar-refractivity contribution >= 4 is 21.9 Å². The Balaban J connectivity index is 0.00000462. The molecule has 0 aromatic heterocycles. The summed E-state index contributed by atoms with van der Waals surface area (Å²) in [5, 5.41) is 15.1. The number of ether oxygens (including phenoxy) is 1. The minimum atomic E-state index is -4.05. The molecule has 212 valence electrons. The summed E-state index contributed by atoms with van der Waals surface area (Å²) < 4.78 is 33.9. The third kappa shape index (κ3) is 7.78. The van der Waals surface area contributed by atoms with Gasteiger partial charge in [0.25, 0.3) is 0 Å². The van der Waals surface area contributed by atoms with Gasteiger partial charge in [-0.2, -0.15) is 4.31 Å². The van der Waals surface area contributed by atoms with Crippen molar-refractivity contribution in [1.82, 2.24) is 9.62 Å². The second-order valence-corrected chi connectivity index (χ2v) is 12.4. The first-order valence-corrected chi connectivity index (χ1v) is 15.0. The van der Waals surface area contributed by atoms with E-state index in [-0.39, 0.29) is 59.2 Å². The monoisotopic (exact) mass is 586 g/mol. The predicted molar refractivity (Wildman–Crippen MR) is 150 cm³/mol. The fourth-order valence-electron chi connectivity index (χ4n) is 4.95. The van der Waals surface area contributed by atoms with E-state index in [4.69, 9.17) is 4.74 Å². The van der Waals surface area contributed by atoms with Gasteiger partial charge in [0.1, 0.15) is 11.5 Å². The Hall–Kier alpha value is -2.69. The van der Waals surface area contributed by atoms with Crippen molar-refractivity contribution in [2.24, 2.45) is 5.92 Å². The molecule has 0 spiro atoms. The van der Waals surface area contributed by atoms with Crippen LogP contribution in [0.15, 0.2) is 77.7 Å². The van der Waals surface area contributed by atoms with Crippen molar-refractivity contribution in [3.8, 4) is 11.5 Å². The Morgan fingerprint density at radius 2 is 1.49 bits per heavy atom. The number of rotatable bonds is 12. The summed E-state index contributed by atoms with van der Waals surface area (Å²) >= 11 is 0. The molecule has 3 aromatic rings. The Kier molecular flexibility index (Phi) is 11.6. The van der Waals surface area contributed by atoms with Gasteiger partial charge < -0.3 is 20.0 Å². The SMILES string of the molecule is Cc1ccc(S(=O)(=O)N(CC(C)C)[C@@H](CCCCNC(=O)C2c3ccccc3Oc3ccccc32)C(=O)[O-])cc1.[Na+]. The Morgan fingerprint density at radius 1 is 0.927 bits per heavy atom. The minimum absolute atomic E-state index is 0. The number of hydrogen-bond donors (Lipinski definition) is 1. The molecule has 4 rings (SSSR count). The molecule has 0 saturated heterocycles. The maximum absolute atomic E-state index is 13.4. The molecule has 1 aliphatic rings. The van der Waals surface area contributed by atoms with Crippen molar-refractivity contribution in [2.75, 3.05) is 13.1 Å². The number of carboxylic acids is 1. The summed E-state index contributed by atoms with van der Waals surface area (Å²) in [7, 11) is -4.05. The number of para-hydroxylation sites is 2. The molecule has 0 saturated carbocycles. The molecule has 0 fully saturated rings. The zero-order valence-corrected chi connectivity index (χ0v) is 26.8. The van der Waals surface area contributed by atoms with Crippen LogP contribution >= 0.6 is 0 Å². The number of carboxylic acid groups (broad SMARTS) is 1. The van der Waals surface area contributed by atoms with E-state index in [1.807, 2.05) is 69.3 Å². The molecule has 0 radical (unpaired) electrons. The van der Waals surface area contributed by atoms with Crippen LogP contribution in [-0.4, -0.2) is 43.7 Å². The second-order valence-electron chi connectivity index (χ2n) is 10.5. The summed E-state index contributed by atoms with van der Waals surface area (Å²) in [6.07, 6.45) is 0.930. The molecule has 41 heavy (non-hydrogen) atoms. The zero-order chi connectivity index (χ0) is 28.9. The molecule has 0 unspecified atom stereocenters. The molecular formula is C31H35N2NaO6S. The number of sulfonamides is 1. The van der Waals surface area contributed by atoms with E-state index in [1.165, 1.54) is 12.1 Å². The molecule has 1 aliphatic heterocycles. The van der Waals surface area contributed by atoms with E-state index in [0.717, 1.165) is 21.0 Å². The number of benzene rings is 3. The van der Waals surface area contributed by atoms with Crippen LogP contribution in [0.3, 0.4) is 0 Å². The largest absolute Gasteiger partial charge is 1.00 e. The van der Waals surface area contributed by atoms with Crippen molar-refractivity contribution in [3.05, 3.63) is 89.5 Å². The number of nitrogens with one attached hydrogen (secondary N) is 1. The number of amides is 1. The summed E-state index contributed by atoms with van der Waals surface area (Å²) in [6.45, 7) is 5.90. The normalized spacial score (nSPS) is 13.5. The van der Waals surface area contributed by atoms with Gasteiger partial charge in [0.05, 0.1) is 22.8 Å². The van der Waals surface area contributed by atoms with Crippen LogP contribution in [0, 0.1) is 12.8 Å². The molecule has 8 nitrogen and oxygen atoms in total. The second kappa shape index (κ2) is 14.5. The van der Waals surface area contributed by atoms with Crippen LogP contribution in [0.25, 0.3) is 0 Å². The molecule has 3 aromatic carbocycles. The van der Waals surface area contributed by atoms with E-state index in [2.05, 4.69) is 5.32 Å². The summed E-state index contributed by atoms with van der Waals surface area (Å²) in [6, 6.07) is 19.9. The molecule has 0 aliphatic carbocycles. The van der Waals surface area contributed by atoms with Crippen LogP contribution < -0.4 is 44.7 Å². The van der Waals surface area contributed by atoms with Gasteiger partial charge in [-0.25, -0.2) is 8.42 Å². The van der Waals surface area contributed by atoms with Crippen molar-refractivity contribution in [1.29, 1.82) is 0 Å². The zero-order valence-electron chi connectivity index (χ0n) is 24.0. The maximum atomic E-state index is 13.4. The summed E-state index contributed by atoms with van der Waals surface area (Å²) in [5.74, 6) is -0.958. The molecule has 1 heterocycles. The van der Waals surface area contributed by atoms with E-state index < -0.39 is 28.0 Å². The Bertz CT molecular complexity index is 1410. The van der Waals surface area contributed by atoms with Crippen LogP contribution in [0.4, 0.5) is 0 Å². The molecule has 1 N–H and O–H groups in total. The van der Waals surface area contributed by atoms with E-state index >= 15 is 0 Å². The fourth-order valence-corrected chi connectivity index (χ4v) is 6.72. The van der Waals surface area contributed by atoms with Gasteiger partial charge in [-0.3, -0.25) is 4.79 Å². The predicted octanol–water partition coefficient (Wildman–Crippen LogP) is 0.989. The van der Waals surface area contributed by atoms with Crippen LogP contribution in [0.5, 0.6) is 11.5 Å². The van der Waals surface area contributed by atoms with Crippen LogP contribution in [0.1, 0.15) is 55.7 Å². The number of aliphatic carboxylic acids is 1. The standard InChI is InChI=1S/C31H36N2O6S.Na/c1-21(2)20-33(40(37,38)23-17-15-22(3)16-18-23)26(31(35)36)12-8-9-19-32-30(34)29-24-10-4-6-13-27(24)39-28-14-7-5-11-25(28)29;/h4-7,10-11,13-18,21,26,29H,8-9,12,19-20H2,1-3H3,(H,32,34)(H,35,36);/q;+1/p-1/t26-;/m0./s1. The smallest absolute Gasteiger partial charge is 0.548 e. The summed E-state index contributed by atoms with van der Waals surface area (Å²) in [4.78, 5) is 25.5. The minimum Gasteiger partial charge on any atom is -0.548 e. The van der Waals surface area contributed by atoms with Gasteiger partial charge in [0, 0.05) is 24.2 Å². The number of hydrogen-bond acceptors (Lipinski definition) is 6. The van der Waals surface area contributed by atoms with Gasteiger partial charge >= 0.3 is 29.6 Å². The Labute approximate surface area is 264 Å². The van der Waals surface area contributed by atoms with E-state index in [9.17, 15) is 23.1 Å². The quantitative estimate of drug-likeness (QED) is 0.250. The van der Waals surface area contributed by atoms with Crippen molar-refractivity contribution in [3.63, 3.8) is 0 Å². The van der Waals surface area contributed by atoms with Gasteiger partial charge in [-0.15, -0.1) is 0 Å². The van der Waals surface area contributed by atoms with Crippen molar-refractivity contribution < 1.29 is 57.4 Å². The van der Waals surface area contributed by atoms with Gasteiger partial charge in [0.15, 0.2) is 0 Å². The average molecular weight is 587 g/mol.